The first-order valence-corrected chi connectivity index (χ1v) is 12.7. The van der Waals surface area contributed by atoms with Crippen LogP contribution in [0.2, 0.25) is 0 Å². The van der Waals surface area contributed by atoms with E-state index in [1.165, 1.54) is 60.8 Å². The second-order valence-corrected chi connectivity index (χ2v) is 9.50. The van der Waals surface area contributed by atoms with E-state index in [0.717, 1.165) is 0 Å². The van der Waals surface area contributed by atoms with Gasteiger partial charge in [-0.05, 0) is 47.3 Å². The highest BCUT2D eigenvalue weighted by molar-refractivity contribution is 6.11. The van der Waals surface area contributed by atoms with Crippen molar-refractivity contribution in [3.05, 3.63) is 140 Å². The van der Waals surface area contributed by atoms with Crippen LogP contribution in [0, 0.1) is 0 Å². The molecule has 6 aromatic carbocycles. The van der Waals surface area contributed by atoms with Crippen molar-refractivity contribution in [1.82, 2.24) is 4.57 Å². The molecule has 0 saturated heterocycles. The van der Waals surface area contributed by atoms with Gasteiger partial charge >= 0.3 is 0 Å². The van der Waals surface area contributed by atoms with Crippen molar-refractivity contribution in [2.75, 3.05) is 11.9 Å². The molecule has 7 rings (SSSR count). The molecule has 0 fully saturated rings. The van der Waals surface area contributed by atoms with Gasteiger partial charge in [0.25, 0.3) is 0 Å². The molecule has 0 saturated carbocycles. The molecule has 37 heavy (non-hydrogen) atoms. The molecule has 176 valence electrons. The largest absolute Gasteiger partial charge is 0.344 e. The van der Waals surface area contributed by atoms with Gasteiger partial charge in [0.1, 0.15) is 0 Å². The lowest BCUT2D eigenvalue weighted by Crippen LogP contribution is -2.11. The summed E-state index contributed by atoms with van der Waals surface area (Å²) in [7, 11) is 2.17. The van der Waals surface area contributed by atoms with Crippen molar-refractivity contribution in [2.45, 2.75) is 0 Å². The van der Waals surface area contributed by atoms with Gasteiger partial charge in [0.05, 0.1) is 16.7 Å². The molecule has 0 radical (unpaired) electrons. The molecule has 0 spiro atoms. The van der Waals surface area contributed by atoms with Gasteiger partial charge in [0.2, 0.25) is 0 Å². The molecule has 2 heteroatoms. The Morgan fingerprint density at radius 1 is 0.514 bits per heavy atom. The Morgan fingerprint density at radius 3 is 1.97 bits per heavy atom. The van der Waals surface area contributed by atoms with Gasteiger partial charge in [-0.1, -0.05) is 103 Å². The summed E-state index contributed by atoms with van der Waals surface area (Å²) in [6.45, 7) is 0. The third kappa shape index (κ3) is 3.49. The Hall–Kier alpha value is -4.82. The van der Waals surface area contributed by atoms with Crippen LogP contribution < -0.4 is 4.90 Å². The minimum Gasteiger partial charge on any atom is -0.344 e. The highest BCUT2D eigenvalue weighted by atomic mass is 15.1. The van der Waals surface area contributed by atoms with Crippen molar-refractivity contribution in [2.24, 2.45) is 0 Å². The van der Waals surface area contributed by atoms with E-state index in [2.05, 4.69) is 156 Å². The number of rotatable bonds is 4. The SMILES string of the molecule is CN(c1ccccc1)c1c(-c2ccc3c4ccccc4n(-c4ccccc4)c3c2)ccc2ccccc12. The Morgan fingerprint density at radius 2 is 1.16 bits per heavy atom. The van der Waals surface area contributed by atoms with Crippen LogP contribution in [0.4, 0.5) is 11.4 Å². The Balaban J connectivity index is 1.53. The second kappa shape index (κ2) is 8.69. The summed E-state index contributed by atoms with van der Waals surface area (Å²) >= 11 is 0. The summed E-state index contributed by atoms with van der Waals surface area (Å²) in [5.74, 6) is 0. The third-order valence-corrected chi connectivity index (χ3v) is 7.38. The average molecular weight is 475 g/mol. The van der Waals surface area contributed by atoms with E-state index < -0.39 is 0 Å². The molecular weight excluding hydrogens is 448 g/mol. The lowest BCUT2D eigenvalue weighted by Gasteiger charge is -2.25. The standard InChI is InChI=1S/C35H26N2/c1-36(27-13-4-2-5-14-27)35-29-17-9-8-12-25(29)20-22-30(35)26-21-23-32-31-18-10-11-19-33(31)37(34(32)24-26)28-15-6-3-7-16-28/h2-24H,1H3. The smallest absolute Gasteiger partial charge is 0.0567 e. The molecule has 0 bridgehead atoms. The molecule has 0 aliphatic carbocycles. The van der Waals surface area contributed by atoms with Gasteiger partial charge in [-0.25, -0.2) is 0 Å². The summed E-state index contributed by atoms with van der Waals surface area (Å²) in [5, 5.41) is 5.02. The van der Waals surface area contributed by atoms with Crippen molar-refractivity contribution in [1.29, 1.82) is 0 Å². The molecule has 1 heterocycles. The summed E-state index contributed by atoms with van der Waals surface area (Å²) < 4.78 is 2.38. The average Bonchev–Trinajstić information content (AvgIpc) is 3.31. The van der Waals surface area contributed by atoms with Crippen LogP contribution in [-0.4, -0.2) is 11.6 Å². The van der Waals surface area contributed by atoms with Crippen LogP contribution in [0.25, 0.3) is 49.4 Å². The van der Waals surface area contributed by atoms with Crippen molar-refractivity contribution in [3.8, 4) is 16.8 Å². The van der Waals surface area contributed by atoms with E-state index in [9.17, 15) is 0 Å². The van der Waals surface area contributed by atoms with E-state index in [4.69, 9.17) is 0 Å². The highest BCUT2D eigenvalue weighted by Gasteiger charge is 2.18. The molecule has 0 aliphatic heterocycles. The summed E-state index contributed by atoms with van der Waals surface area (Å²) in [6, 6.07) is 50.0. The predicted octanol–water partition coefficient (Wildman–Crippen LogP) is 9.37. The molecule has 0 atom stereocenters. The fraction of sp³-hybridized carbons (Fsp3) is 0.0286. The number of anilines is 2. The van der Waals surface area contributed by atoms with E-state index in [1.807, 2.05) is 0 Å². The fourth-order valence-corrected chi connectivity index (χ4v) is 5.62. The van der Waals surface area contributed by atoms with E-state index in [0.29, 0.717) is 0 Å². The van der Waals surface area contributed by atoms with E-state index >= 15 is 0 Å². The lowest BCUT2D eigenvalue weighted by molar-refractivity contribution is 1.18. The number of benzene rings is 6. The van der Waals surface area contributed by atoms with Gasteiger partial charge in [-0.15, -0.1) is 0 Å². The van der Waals surface area contributed by atoms with Crippen LogP contribution in [0.15, 0.2) is 140 Å². The van der Waals surface area contributed by atoms with Gasteiger partial charge in [-0.3, -0.25) is 0 Å². The number of fused-ring (bicyclic) bond motifs is 4. The molecule has 0 unspecified atom stereocenters. The van der Waals surface area contributed by atoms with Gasteiger partial charge in [-0.2, -0.15) is 0 Å². The van der Waals surface area contributed by atoms with Crippen molar-refractivity contribution >= 4 is 44.0 Å². The number of hydrogen-bond acceptors (Lipinski definition) is 1. The Kier molecular flexibility index (Phi) is 5.04. The van der Waals surface area contributed by atoms with Gasteiger partial charge in [0, 0.05) is 40.1 Å². The van der Waals surface area contributed by atoms with Crippen molar-refractivity contribution < 1.29 is 0 Å². The Bertz CT molecular complexity index is 1880. The zero-order valence-electron chi connectivity index (χ0n) is 20.7. The monoisotopic (exact) mass is 474 g/mol. The maximum Gasteiger partial charge on any atom is 0.0567 e. The first-order valence-electron chi connectivity index (χ1n) is 12.7. The summed E-state index contributed by atoms with van der Waals surface area (Å²) in [6.07, 6.45) is 0. The lowest BCUT2D eigenvalue weighted by atomic mass is 9.96. The number of hydrogen-bond donors (Lipinski definition) is 0. The van der Waals surface area contributed by atoms with E-state index in [1.54, 1.807) is 0 Å². The van der Waals surface area contributed by atoms with Crippen LogP contribution in [0.5, 0.6) is 0 Å². The molecule has 2 nitrogen and oxygen atoms in total. The number of aromatic nitrogens is 1. The Labute approximate surface area is 216 Å². The topological polar surface area (TPSA) is 8.17 Å². The minimum absolute atomic E-state index is 1.17. The normalized spacial score (nSPS) is 11.4. The van der Waals surface area contributed by atoms with E-state index in [-0.39, 0.29) is 0 Å². The summed E-state index contributed by atoms with van der Waals surface area (Å²) in [5.41, 5.74) is 8.41. The maximum atomic E-state index is 2.38. The summed E-state index contributed by atoms with van der Waals surface area (Å²) in [4.78, 5) is 2.31. The quantitative estimate of drug-likeness (QED) is 0.247. The van der Waals surface area contributed by atoms with Crippen molar-refractivity contribution in [3.63, 3.8) is 0 Å². The fourth-order valence-electron chi connectivity index (χ4n) is 5.62. The zero-order valence-corrected chi connectivity index (χ0v) is 20.7. The first kappa shape index (κ1) is 21.5. The zero-order chi connectivity index (χ0) is 24.8. The molecule has 1 aromatic heterocycles. The molecular formula is C35H26N2. The predicted molar refractivity (Wildman–Crippen MR) is 158 cm³/mol. The van der Waals surface area contributed by atoms with Gasteiger partial charge < -0.3 is 9.47 Å². The molecule has 0 N–H and O–H groups in total. The number of nitrogens with zero attached hydrogens (tertiary/aromatic N) is 2. The van der Waals surface area contributed by atoms with Gasteiger partial charge in [0.15, 0.2) is 0 Å². The highest BCUT2D eigenvalue weighted by Crippen LogP contribution is 2.42. The van der Waals surface area contributed by atoms with Crippen LogP contribution in [0.1, 0.15) is 0 Å². The molecule has 0 amide bonds. The third-order valence-electron chi connectivity index (χ3n) is 7.38. The maximum absolute atomic E-state index is 2.38. The van der Waals surface area contributed by atoms with Crippen LogP contribution in [-0.2, 0) is 0 Å². The number of para-hydroxylation sites is 3. The first-order chi connectivity index (χ1) is 18.3. The molecule has 7 aromatic rings. The van der Waals surface area contributed by atoms with Crippen LogP contribution >= 0.6 is 0 Å². The van der Waals surface area contributed by atoms with Crippen LogP contribution in [0.3, 0.4) is 0 Å². The second-order valence-electron chi connectivity index (χ2n) is 9.50. The molecule has 0 aliphatic rings. The minimum atomic E-state index is 1.17.